The van der Waals surface area contributed by atoms with Crippen LogP contribution in [0.2, 0.25) is 0 Å². The molecule has 4 atom stereocenters. The van der Waals surface area contributed by atoms with E-state index in [0.29, 0.717) is 0 Å². The van der Waals surface area contributed by atoms with Crippen LogP contribution in [-0.4, -0.2) is 63.3 Å². The number of hydrogen-bond acceptors (Lipinski definition) is 6. The molecule has 0 saturated heterocycles. The van der Waals surface area contributed by atoms with Gasteiger partial charge in [0.25, 0.3) is 0 Å². The number of aliphatic hydroxyl groups is 1. The highest BCUT2D eigenvalue weighted by atomic mass is 16.4. The predicted molar refractivity (Wildman–Crippen MR) is 82.9 cm³/mol. The first-order valence-corrected chi connectivity index (χ1v) is 7.44. The molecule has 0 bridgehead atoms. The molecule has 10 nitrogen and oxygen atoms in total. The normalized spacial score (nSPS) is 15.9. The summed E-state index contributed by atoms with van der Waals surface area (Å²) in [5.41, 5.74) is 5.42. The quantitative estimate of drug-likeness (QED) is 0.270. The number of carbonyl (C=O) groups excluding carboxylic acids is 2. The van der Waals surface area contributed by atoms with Gasteiger partial charge in [-0.1, -0.05) is 13.8 Å². The fourth-order valence-corrected chi connectivity index (χ4v) is 1.84. The molecule has 0 aliphatic heterocycles. The second kappa shape index (κ2) is 9.83. The highest BCUT2D eigenvalue weighted by Gasteiger charge is 2.30. The Kier molecular flexibility index (Phi) is 8.93. The van der Waals surface area contributed by atoms with Crippen LogP contribution < -0.4 is 16.4 Å². The molecule has 0 radical (unpaired) electrons. The summed E-state index contributed by atoms with van der Waals surface area (Å²) >= 11 is 0. The van der Waals surface area contributed by atoms with Crippen LogP contribution in [0, 0.1) is 5.92 Å². The molecule has 0 fully saturated rings. The Morgan fingerprint density at radius 1 is 0.958 bits per heavy atom. The van der Waals surface area contributed by atoms with Gasteiger partial charge in [0.15, 0.2) is 0 Å². The molecule has 0 saturated carbocycles. The van der Waals surface area contributed by atoms with Crippen LogP contribution >= 0.6 is 0 Å². The number of aliphatic hydroxyl groups excluding tert-OH is 1. The summed E-state index contributed by atoms with van der Waals surface area (Å²) in [7, 11) is 0. The summed E-state index contributed by atoms with van der Waals surface area (Å²) in [6, 6.07) is -4.06. The van der Waals surface area contributed by atoms with Crippen molar-refractivity contribution in [2.75, 3.05) is 0 Å². The minimum atomic E-state index is -1.51. The van der Waals surface area contributed by atoms with Crippen molar-refractivity contribution in [2.24, 2.45) is 11.7 Å². The molecule has 0 heterocycles. The van der Waals surface area contributed by atoms with Crippen molar-refractivity contribution >= 4 is 23.8 Å². The van der Waals surface area contributed by atoms with Crippen LogP contribution in [-0.2, 0) is 19.2 Å². The van der Waals surface area contributed by atoms with Gasteiger partial charge in [-0.2, -0.15) is 0 Å². The molecule has 24 heavy (non-hydrogen) atoms. The van der Waals surface area contributed by atoms with Gasteiger partial charge in [0.1, 0.15) is 18.1 Å². The maximum Gasteiger partial charge on any atom is 0.326 e. The first-order valence-electron chi connectivity index (χ1n) is 7.44. The van der Waals surface area contributed by atoms with E-state index in [-0.39, 0.29) is 12.3 Å². The zero-order valence-corrected chi connectivity index (χ0v) is 13.9. The number of carboxylic acid groups (broad SMARTS) is 2. The van der Waals surface area contributed by atoms with E-state index >= 15 is 0 Å². The Morgan fingerprint density at radius 2 is 1.46 bits per heavy atom. The number of carbonyl (C=O) groups is 4. The molecule has 0 rings (SSSR count). The Bertz CT molecular complexity index is 479. The third-order valence-corrected chi connectivity index (χ3v) is 3.16. The number of aliphatic carboxylic acids is 2. The first kappa shape index (κ1) is 21.8. The van der Waals surface area contributed by atoms with Crippen LogP contribution in [0.5, 0.6) is 0 Å². The van der Waals surface area contributed by atoms with Crippen LogP contribution in [0.1, 0.15) is 33.6 Å². The summed E-state index contributed by atoms with van der Waals surface area (Å²) in [6.45, 7) is 4.79. The van der Waals surface area contributed by atoms with Gasteiger partial charge in [-0.05, 0) is 19.3 Å². The van der Waals surface area contributed by atoms with Gasteiger partial charge in [0.2, 0.25) is 11.8 Å². The predicted octanol–water partition coefficient (Wildman–Crippen LogP) is -1.73. The van der Waals surface area contributed by atoms with Gasteiger partial charge in [-0.15, -0.1) is 0 Å². The van der Waals surface area contributed by atoms with Crippen molar-refractivity contribution in [1.29, 1.82) is 0 Å². The van der Waals surface area contributed by atoms with E-state index < -0.39 is 54.4 Å². The largest absolute Gasteiger partial charge is 0.481 e. The number of amides is 2. The van der Waals surface area contributed by atoms with Crippen molar-refractivity contribution < 1.29 is 34.5 Å². The lowest BCUT2D eigenvalue weighted by Gasteiger charge is -2.23. The first-order chi connectivity index (χ1) is 11.0. The van der Waals surface area contributed by atoms with Crippen molar-refractivity contribution in [3.05, 3.63) is 0 Å². The van der Waals surface area contributed by atoms with E-state index in [0.717, 1.165) is 0 Å². The van der Waals surface area contributed by atoms with E-state index in [9.17, 15) is 24.3 Å². The van der Waals surface area contributed by atoms with Crippen molar-refractivity contribution in [3.8, 4) is 0 Å². The maximum absolute atomic E-state index is 12.1. The standard InChI is InChI=1S/C14H25N3O7/c1-6(2)4-9(14(23)24)17-12(21)8(5-10(19)20)16-13(22)11(15)7(3)18/h6-9,11,18H,4-5,15H2,1-3H3,(H,16,22)(H,17,21)(H,19,20)(H,23,24). The maximum atomic E-state index is 12.1. The second-order valence-corrected chi connectivity index (χ2v) is 5.95. The summed E-state index contributed by atoms with van der Waals surface area (Å²) in [4.78, 5) is 46.0. The van der Waals surface area contributed by atoms with Crippen molar-refractivity contribution in [2.45, 2.75) is 57.8 Å². The Morgan fingerprint density at radius 3 is 1.83 bits per heavy atom. The van der Waals surface area contributed by atoms with Crippen molar-refractivity contribution in [1.82, 2.24) is 10.6 Å². The lowest BCUT2D eigenvalue weighted by atomic mass is 10.0. The zero-order valence-electron chi connectivity index (χ0n) is 13.9. The summed E-state index contributed by atoms with van der Waals surface area (Å²) in [5, 5.41) is 31.5. The SMILES string of the molecule is CC(C)CC(NC(=O)C(CC(=O)O)NC(=O)C(N)C(C)O)C(=O)O. The number of nitrogens with two attached hydrogens (primary N) is 1. The van der Waals surface area contributed by atoms with Crippen LogP contribution in [0.15, 0.2) is 0 Å². The Balaban J connectivity index is 5.08. The topological polar surface area (TPSA) is 179 Å². The lowest BCUT2D eigenvalue weighted by molar-refractivity contribution is -0.143. The number of hydrogen-bond donors (Lipinski definition) is 6. The summed E-state index contributed by atoms with van der Waals surface area (Å²) in [6.07, 6.45) is -1.81. The van der Waals surface area contributed by atoms with E-state index in [1.807, 2.05) is 0 Å². The van der Waals surface area contributed by atoms with Crippen LogP contribution in [0.25, 0.3) is 0 Å². The van der Waals surface area contributed by atoms with Crippen LogP contribution in [0.4, 0.5) is 0 Å². The van der Waals surface area contributed by atoms with Gasteiger partial charge >= 0.3 is 11.9 Å². The van der Waals surface area contributed by atoms with E-state index in [2.05, 4.69) is 10.6 Å². The molecule has 0 aromatic heterocycles. The molecule has 10 heteroatoms. The second-order valence-electron chi connectivity index (χ2n) is 5.95. The van der Waals surface area contributed by atoms with Crippen molar-refractivity contribution in [3.63, 3.8) is 0 Å². The molecule has 0 aromatic carbocycles. The van der Waals surface area contributed by atoms with E-state index in [1.165, 1.54) is 6.92 Å². The Hall–Kier alpha value is -2.20. The van der Waals surface area contributed by atoms with Gasteiger partial charge in [-0.3, -0.25) is 14.4 Å². The molecule has 4 unspecified atom stereocenters. The van der Waals surface area contributed by atoms with Gasteiger partial charge < -0.3 is 31.7 Å². The molecule has 7 N–H and O–H groups in total. The van der Waals surface area contributed by atoms with E-state index in [1.54, 1.807) is 13.8 Å². The third-order valence-electron chi connectivity index (χ3n) is 3.16. The molecule has 0 aliphatic carbocycles. The monoisotopic (exact) mass is 347 g/mol. The van der Waals surface area contributed by atoms with Gasteiger partial charge in [0, 0.05) is 0 Å². The zero-order chi connectivity index (χ0) is 19.0. The molecular formula is C14H25N3O7. The third kappa shape index (κ3) is 7.88. The number of carboxylic acids is 2. The fraction of sp³-hybridized carbons (Fsp3) is 0.714. The Labute approximate surface area is 139 Å². The molecule has 0 spiro atoms. The number of rotatable bonds is 10. The highest BCUT2D eigenvalue weighted by molar-refractivity contribution is 5.94. The minimum Gasteiger partial charge on any atom is -0.481 e. The summed E-state index contributed by atoms with van der Waals surface area (Å²) in [5.74, 6) is -4.52. The molecule has 138 valence electrons. The minimum absolute atomic E-state index is 0.0254. The van der Waals surface area contributed by atoms with Gasteiger partial charge in [-0.25, -0.2) is 4.79 Å². The average Bonchev–Trinajstić information content (AvgIpc) is 2.43. The molecule has 0 aliphatic rings. The molecule has 0 aromatic rings. The van der Waals surface area contributed by atoms with Gasteiger partial charge in [0.05, 0.1) is 12.5 Å². The smallest absolute Gasteiger partial charge is 0.326 e. The molecular weight excluding hydrogens is 322 g/mol. The fourth-order valence-electron chi connectivity index (χ4n) is 1.84. The van der Waals surface area contributed by atoms with Crippen LogP contribution in [0.3, 0.4) is 0 Å². The summed E-state index contributed by atoms with van der Waals surface area (Å²) < 4.78 is 0. The highest BCUT2D eigenvalue weighted by Crippen LogP contribution is 2.06. The van der Waals surface area contributed by atoms with E-state index in [4.69, 9.17) is 15.9 Å². The number of nitrogens with one attached hydrogen (secondary N) is 2. The lowest BCUT2D eigenvalue weighted by Crippen LogP contribution is -2.56. The average molecular weight is 347 g/mol. The molecule has 2 amide bonds.